The second-order valence-electron chi connectivity index (χ2n) is 6.85. The third-order valence-corrected chi connectivity index (χ3v) is 4.85. The normalized spacial score (nSPS) is 21.8. The van der Waals surface area contributed by atoms with Crippen LogP contribution < -0.4 is 10.6 Å². The first-order valence-corrected chi connectivity index (χ1v) is 9.12. The molecule has 146 valence electrons. The van der Waals surface area contributed by atoms with E-state index in [1.54, 1.807) is 23.0 Å². The molecule has 0 bridgehead atoms. The van der Waals surface area contributed by atoms with Crippen LogP contribution in [0.3, 0.4) is 0 Å². The molecule has 1 aromatic carbocycles. The molecule has 4 N–H and O–H groups in total. The van der Waals surface area contributed by atoms with Gasteiger partial charge in [-0.3, -0.25) is 9.48 Å². The molecule has 8 heteroatoms. The van der Waals surface area contributed by atoms with Gasteiger partial charge < -0.3 is 20.8 Å². The second kappa shape index (κ2) is 8.16. The molecule has 3 rings (SSSR count). The van der Waals surface area contributed by atoms with Crippen molar-refractivity contribution in [2.45, 2.75) is 51.1 Å². The topological polar surface area (TPSA) is 99.4 Å². The Kier molecular flexibility index (Phi) is 5.88. The summed E-state index contributed by atoms with van der Waals surface area (Å²) in [5, 5.41) is 29.4. The molecule has 1 saturated heterocycles. The minimum atomic E-state index is -0.984. The molecule has 1 amide bonds. The Morgan fingerprint density at radius 1 is 1.48 bits per heavy atom. The van der Waals surface area contributed by atoms with Crippen molar-refractivity contribution in [2.75, 3.05) is 6.54 Å². The van der Waals surface area contributed by atoms with Crippen molar-refractivity contribution in [3.05, 3.63) is 41.8 Å². The number of nitrogens with zero attached hydrogens (tertiary/aromatic N) is 2. The number of hydrogen-bond donors (Lipinski definition) is 4. The SMILES string of the molecule is CCn1nccc1-c1ccc([C@@H](NC(=O)C2CC(O)CN2)[C@H](C)O)c(F)c1. The standard InChI is InChI=1S/C19H25FN4O3/c1-3-24-17(6-7-22-24)12-4-5-14(15(20)8-12)18(11(2)25)23-19(27)16-9-13(26)10-21-16/h4-8,11,13,16,18,21,25-26H,3,9-10H2,1-2H3,(H,23,27)/t11-,13?,16?,18-/m0/s1. The van der Waals surface area contributed by atoms with Gasteiger partial charge in [0.1, 0.15) is 5.82 Å². The summed E-state index contributed by atoms with van der Waals surface area (Å²) in [6.45, 7) is 4.46. The fourth-order valence-electron chi connectivity index (χ4n) is 3.40. The van der Waals surface area contributed by atoms with Crippen molar-refractivity contribution in [1.29, 1.82) is 0 Å². The fraction of sp³-hybridized carbons (Fsp3) is 0.474. The molecule has 2 aromatic rings. The van der Waals surface area contributed by atoms with Gasteiger partial charge in [0, 0.05) is 30.4 Å². The van der Waals surface area contributed by atoms with E-state index in [0.29, 0.717) is 25.1 Å². The predicted octanol–water partition coefficient (Wildman–Crippen LogP) is 0.970. The molecule has 0 saturated carbocycles. The van der Waals surface area contributed by atoms with Gasteiger partial charge in [0.2, 0.25) is 5.91 Å². The number of nitrogens with one attached hydrogen (secondary N) is 2. The van der Waals surface area contributed by atoms with Gasteiger partial charge in [0.05, 0.1) is 30.0 Å². The third-order valence-electron chi connectivity index (χ3n) is 4.85. The number of rotatable bonds is 6. The maximum Gasteiger partial charge on any atom is 0.237 e. The number of aliphatic hydroxyl groups is 2. The summed E-state index contributed by atoms with van der Waals surface area (Å²) < 4.78 is 16.6. The molecular weight excluding hydrogens is 351 g/mol. The number of β-amino-alcohol motifs (C(OH)–C–C–N with tert-alkyl or cyclic N) is 1. The quantitative estimate of drug-likeness (QED) is 0.602. The summed E-state index contributed by atoms with van der Waals surface area (Å²) in [5.41, 5.74) is 1.68. The number of aliphatic hydroxyl groups excluding tert-OH is 2. The highest BCUT2D eigenvalue weighted by molar-refractivity contribution is 5.82. The molecular formula is C19H25FN4O3. The van der Waals surface area contributed by atoms with Crippen LogP contribution >= 0.6 is 0 Å². The van der Waals surface area contributed by atoms with Crippen LogP contribution in [0.25, 0.3) is 11.3 Å². The first kappa shape index (κ1) is 19.5. The van der Waals surface area contributed by atoms with Gasteiger partial charge in [0.25, 0.3) is 0 Å². The Morgan fingerprint density at radius 2 is 2.26 bits per heavy atom. The number of amides is 1. The van der Waals surface area contributed by atoms with Gasteiger partial charge >= 0.3 is 0 Å². The Bertz CT molecular complexity index is 808. The first-order chi connectivity index (χ1) is 12.9. The van der Waals surface area contributed by atoms with Gasteiger partial charge in [-0.15, -0.1) is 0 Å². The third kappa shape index (κ3) is 4.18. The highest BCUT2D eigenvalue weighted by atomic mass is 19.1. The molecule has 2 unspecified atom stereocenters. The van der Waals surface area contributed by atoms with E-state index in [9.17, 15) is 19.4 Å². The van der Waals surface area contributed by atoms with Crippen molar-refractivity contribution in [3.63, 3.8) is 0 Å². The van der Waals surface area contributed by atoms with Crippen LogP contribution in [0.2, 0.25) is 0 Å². The molecule has 27 heavy (non-hydrogen) atoms. The molecule has 1 aromatic heterocycles. The molecule has 2 heterocycles. The molecule has 7 nitrogen and oxygen atoms in total. The zero-order valence-corrected chi connectivity index (χ0v) is 15.4. The molecule has 1 aliphatic heterocycles. The molecule has 0 radical (unpaired) electrons. The lowest BCUT2D eigenvalue weighted by Gasteiger charge is -2.24. The van der Waals surface area contributed by atoms with Crippen molar-refractivity contribution in [1.82, 2.24) is 20.4 Å². The van der Waals surface area contributed by atoms with E-state index in [-0.39, 0.29) is 11.5 Å². The lowest BCUT2D eigenvalue weighted by atomic mass is 9.98. The summed E-state index contributed by atoms with van der Waals surface area (Å²) in [6.07, 6.45) is 0.389. The number of aryl methyl sites for hydroxylation is 1. The number of carbonyl (C=O) groups is 1. The summed E-state index contributed by atoms with van der Waals surface area (Å²) in [4.78, 5) is 12.4. The Balaban J connectivity index is 1.82. The summed E-state index contributed by atoms with van der Waals surface area (Å²) >= 11 is 0. The molecule has 1 aliphatic rings. The highest BCUT2D eigenvalue weighted by Crippen LogP contribution is 2.27. The Labute approximate surface area is 157 Å². The number of halogens is 1. The zero-order valence-electron chi connectivity index (χ0n) is 15.4. The maximum absolute atomic E-state index is 14.8. The van der Waals surface area contributed by atoms with Gasteiger partial charge in [0.15, 0.2) is 0 Å². The number of benzene rings is 1. The van der Waals surface area contributed by atoms with E-state index < -0.39 is 30.1 Å². The fourth-order valence-corrected chi connectivity index (χ4v) is 3.40. The van der Waals surface area contributed by atoms with Crippen molar-refractivity contribution in [3.8, 4) is 11.3 Å². The van der Waals surface area contributed by atoms with Gasteiger partial charge in [-0.05, 0) is 32.4 Å². The van der Waals surface area contributed by atoms with Gasteiger partial charge in [-0.1, -0.05) is 12.1 Å². The summed E-state index contributed by atoms with van der Waals surface area (Å²) in [7, 11) is 0. The molecule has 0 spiro atoms. The van der Waals surface area contributed by atoms with E-state index >= 15 is 0 Å². The average molecular weight is 376 g/mol. The van der Waals surface area contributed by atoms with Crippen LogP contribution in [0.15, 0.2) is 30.5 Å². The van der Waals surface area contributed by atoms with E-state index in [2.05, 4.69) is 15.7 Å². The van der Waals surface area contributed by atoms with Crippen molar-refractivity contribution < 1.29 is 19.4 Å². The van der Waals surface area contributed by atoms with Gasteiger partial charge in [-0.2, -0.15) is 5.10 Å². The number of hydrogen-bond acceptors (Lipinski definition) is 5. The van der Waals surface area contributed by atoms with E-state index in [1.165, 1.54) is 13.0 Å². The lowest BCUT2D eigenvalue weighted by molar-refractivity contribution is -0.124. The Hall–Kier alpha value is -2.29. The van der Waals surface area contributed by atoms with Crippen LogP contribution in [-0.4, -0.2) is 50.7 Å². The maximum atomic E-state index is 14.8. The first-order valence-electron chi connectivity index (χ1n) is 9.12. The summed E-state index contributed by atoms with van der Waals surface area (Å²) in [6, 6.07) is 5.08. The van der Waals surface area contributed by atoms with Crippen LogP contribution in [0.1, 0.15) is 31.9 Å². The number of aromatic nitrogens is 2. The van der Waals surface area contributed by atoms with Gasteiger partial charge in [-0.25, -0.2) is 4.39 Å². The van der Waals surface area contributed by atoms with Crippen LogP contribution in [-0.2, 0) is 11.3 Å². The van der Waals surface area contributed by atoms with Crippen LogP contribution in [0.5, 0.6) is 0 Å². The van der Waals surface area contributed by atoms with E-state index in [1.807, 2.05) is 13.0 Å². The minimum absolute atomic E-state index is 0.211. The zero-order chi connectivity index (χ0) is 19.6. The van der Waals surface area contributed by atoms with E-state index in [0.717, 1.165) is 5.69 Å². The molecule has 1 fully saturated rings. The van der Waals surface area contributed by atoms with E-state index in [4.69, 9.17) is 0 Å². The monoisotopic (exact) mass is 376 g/mol. The molecule has 0 aliphatic carbocycles. The Morgan fingerprint density at radius 3 is 2.85 bits per heavy atom. The minimum Gasteiger partial charge on any atom is -0.392 e. The van der Waals surface area contributed by atoms with Crippen molar-refractivity contribution >= 4 is 5.91 Å². The number of carbonyl (C=O) groups excluding carboxylic acids is 1. The van der Waals surface area contributed by atoms with Crippen LogP contribution in [0, 0.1) is 5.82 Å². The second-order valence-corrected chi connectivity index (χ2v) is 6.85. The largest absolute Gasteiger partial charge is 0.392 e. The predicted molar refractivity (Wildman–Crippen MR) is 98.3 cm³/mol. The summed E-state index contributed by atoms with van der Waals surface area (Å²) in [5.74, 6) is -0.882. The van der Waals surface area contributed by atoms with Crippen LogP contribution in [0.4, 0.5) is 4.39 Å². The highest BCUT2D eigenvalue weighted by Gasteiger charge is 2.31. The van der Waals surface area contributed by atoms with Crippen molar-refractivity contribution in [2.24, 2.45) is 0 Å². The average Bonchev–Trinajstić information content (AvgIpc) is 3.28. The lowest BCUT2D eigenvalue weighted by Crippen LogP contribution is -2.44. The smallest absolute Gasteiger partial charge is 0.237 e. The molecule has 4 atom stereocenters.